The van der Waals surface area contributed by atoms with E-state index in [1.54, 1.807) is 0 Å². The topological polar surface area (TPSA) is 58.2 Å². The maximum absolute atomic E-state index is 10.8. The van der Waals surface area contributed by atoms with Crippen molar-refractivity contribution in [3.8, 4) is 0 Å². The van der Waals surface area contributed by atoms with Crippen molar-refractivity contribution in [2.24, 2.45) is 0 Å². The number of nitrogens with one attached hydrogen (secondary N) is 2. The Kier molecular flexibility index (Phi) is 14.8. The predicted molar refractivity (Wildman–Crippen MR) is 86.7 cm³/mol. The molecular weight excluding hydrogens is 327 g/mol. The highest BCUT2D eigenvalue weighted by Gasteiger charge is 1.98. The zero-order valence-electron chi connectivity index (χ0n) is 10.8. The first-order valence-corrected chi connectivity index (χ1v) is 9.39. The molecule has 0 unspecified atom stereocenters. The van der Waals surface area contributed by atoms with Gasteiger partial charge in [0, 0.05) is 24.6 Å². The van der Waals surface area contributed by atoms with Crippen LogP contribution in [0.15, 0.2) is 0 Å². The molecule has 112 valence electrons. The summed E-state index contributed by atoms with van der Waals surface area (Å²) in [7, 11) is 0. The van der Waals surface area contributed by atoms with E-state index in [-0.39, 0.29) is 23.6 Å². The summed E-state index contributed by atoms with van der Waals surface area (Å²) in [5.74, 6) is 3.82. The van der Waals surface area contributed by atoms with Gasteiger partial charge in [0.15, 0.2) is 0 Å². The second-order valence-electron chi connectivity index (χ2n) is 3.55. The molecule has 0 aromatic rings. The van der Waals surface area contributed by atoms with Gasteiger partial charge in [-0.3, -0.25) is 9.59 Å². The minimum absolute atomic E-state index is 0.0293. The molecular formula is C11H20Cl2N2O2S2. The first-order valence-electron chi connectivity index (χ1n) is 6.01. The second kappa shape index (κ2) is 14.6. The fraction of sp³-hybridized carbons (Fsp3) is 0.818. The van der Waals surface area contributed by atoms with Crippen LogP contribution in [0.25, 0.3) is 0 Å². The van der Waals surface area contributed by atoms with Crippen LogP contribution in [-0.2, 0) is 9.59 Å². The Morgan fingerprint density at radius 3 is 1.58 bits per heavy atom. The molecule has 0 aliphatic rings. The maximum atomic E-state index is 10.8. The molecule has 0 atom stereocenters. The Morgan fingerprint density at radius 2 is 1.21 bits per heavy atom. The molecule has 8 heteroatoms. The van der Waals surface area contributed by atoms with Crippen LogP contribution in [-0.4, -0.2) is 59.7 Å². The SMILES string of the molecule is O=C(CCl)NCCSCCCSCCNC(=O)CCl. The molecule has 2 amide bonds. The van der Waals surface area contributed by atoms with Crippen LogP contribution >= 0.6 is 46.7 Å². The number of thioether (sulfide) groups is 2. The standard InChI is InChI=1S/C11H20Cl2N2O2S2/c12-8-10(16)14-2-6-18-4-1-5-19-7-3-15-11(17)9-13/h1-9H2,(H,14,16)(H,15,17). The van der Waals surface area contributed by atoms with E-state index in [2.05, 4.69) is 10.6 Å². The third-order valence-electron chi connectivity index (χ3n) is 1.96. The predicted octanol–water partition coefficient (Wildman–Crippen LogP) is 1.55. The van der Waals surface area contributed by atoms with E-state index < -0.39 is 0 Å². The van der Waals surface area contributed by atoms with Crippen LogP contribution < -0.4 is 10.6 Å². The van der Waals surface area contributed by atoms with E-state index in [4.69, 9.17) is 23.2 Å². The molecule has 0 bridgehead atoms. The van der Waals surface area contributed by atoms with E-state index in [0.717, 1.165) is 29.4 Å². The number of hydrogen-bond donors (Lipinski definition) is 2. The molecule has 4 nitrogen and oxygen atoms in total. The van der Waals surface area contributed by atoms with Gasteiger partial charge in [-0.1, -0.05) is 0 Å². The zero-order chi connectivity index (χ0) is 14.3. The first-order chi connectivity index (χ1) is 9.20. The molecule has 0 spiro atoms. The van der Waals surface area contributed by atoms with Gasteiger partial charge in [0.2, 0.25) is 11.8 Å². The smallest absolute Gasteiger partial charge is 0.234 e. The van der Waals surface area contributed by atoms with Crippen molar-refractivity contribution in [2.75, 3.05) is 47.9 Å². The summed E-state index contributed by atoms with van der Waals surface area (Å²) in [4.78, 5) is 21.6. The lowest BCUT2D eigenvalue weighted by Gasteiger charge is -2.04. The normalized spacial score (nSPS) is 10.2. The van der Waals surface area contributed by atoms with Gasteiger partial charge in [0.25, 0.3) is 0 Å². The monoisotopic (exact) mass is 346 g/mol. The molecule has 0 aromatic carbocycles. The largest absolute Gasteiger partial charge is 0.354 e. The second-order valence-corrected chi connectivity index (χ2v) is 6.53. The third kappa shape index (κ3) is 14.4. The lowest BCUT2D eigenvalue weighted by Crippen LogP contribution is -2.26. The van der Waals surface area contributed by atoms with Crippen LogP contribution in [0, 0.1) is 0 Å². The summed E-state index contributed by atoms with van der Waals surface area (Å²) in [6.45, 7) is 1.35. The quantitative estimate of drug-likeness (QED) is 0.415. The highest BCUT2D eigenvalue weighted by molar-refractivity contribution is 8.00. The number of carbonyl (C=O) groups excluding carboxylic acids is 2. The van der Waals surface area contributed by atoms with E-state index in [9.17, 15) is 9.59 Å². The van der Waals surface area contributed by atoms with Crippen molar-refractivity contribution in [3.05, 3.63) is 0 Å². The molecule has 0 heterocycles. The summed E-state index contributed by atoms with van der Waals surface area (Å²) < 4.78 is 0. The van der Waals surface area contributed by atoms with Crippen molar-refractivity contribution >= 4 is 58.5 Å². The van der Waals surface area contributed by atoms with Crippen molar-refractivity contribution in [3.63, 3.8) is 0 Å². The lowest BCUT2D eigenvalue weighted by molar-refractivity contribution is -0.119. The lowest BCUT2D eigenvalue weighted by atomic mass is 10.6. The van der Waals surface area contributed by atoms with Crippen LogP contribution in [0.5, 0.6) is 0 Å². The van der Waals surface area contributed by atoms with Crippen LogP contribution in [0.1, 0.15) is 6.42 Å². The number of carbonyl (C=O) groups is 2. The minimum Gasteiger partial charge on any atom is -0.354 e. The summed E-state index contributed by atoms with van der Waals surface area (Å²) >= 11 is 14.3. The van der Waals surface area contributed by atoms with Gasteiger partial charge in [0.1, 0.15) is 11.8 Å². The van der Waals surface area contributed by atoms with E-state index in [0.29, 0.717) is 13.1 Å². The Morgan fingerprint density at radius 1 is 0.789 bits per heavy atom. The van der Waals surface area contributed by atoms with Crippen molar-refractivity contribution in [1.29, 1.82) is 0 Å². The van der Waals surface area contributed by atoms with Gasteiger partial charge < -0.3 is 10.6 Å². The number of halogens is 2. The Bertz CT molecular complexity index is 235. The van der Waals surface area contributed by atoms with Gasteiger partial charge >= 0.3 is 0 Å². The molecule has 0 radical (unpaired) electrons. The minimum atomic E-state index is -0.114. The van der Waals surface area contributed by atoms with Gasteiger partial charge in [0.05, 0.1) is 0 Å². The molecule has 0 rings (SSSR count). The molecule has 0 aromatic heterocycles. The van der Waals surface area contributed by atoms with Crippen LogP contribution in [0.3, 0.4) is 0 Å². The summed E-state index contributed by atoms with van der Waals surface area (Å²) in [5, 5.41) is 5.44. The van der Waals surface area contributed by atoms with E-state index >= 15 is 0 Å². The summed E-state index contributed by atoms with van der Waals surface area (Å²) in [6, 6.07) is 0. The fourth-order valence-electron chi connectivity index (χ4n) is 1.09. The van der Waals surface area contributed by atoms with Crippen LogP contribution in [0.4, 0.5) is 0 Å². The Balaban J connectivity index is 3.07. The van der Waals surface area contributed by atoms with Gasteiger partial charge in [-0.05, 0) is 17.9 Å². The summed E-state index contributed by atoms with van der Waals surface area (Å²) in [6.07, 6.45) is 1.13. The van der Waals surface area contributed by atoms with Crippen molar-refractivity contribution < 1.29 is 9.59 Å². The number of amides is 2. The Labute approximate surface area is 133 Å². The van der Waals surface area contributed by atoms with Gasteiger partial charge in [-0.15, -0.1) is 23.2 Å². The molecule has 19 heavy (non-hydrogen) atoms. The average molecular weight is 347 g/mol. The van der Waals surface area contributed by atoms with Crippen LogP contribution in [0.2, 0.25) is 0 Å². The fourth-order valence-corrected chi connectivity index (χ4v) is 3.06. The van der Waals surface area contributed by atoms with E-state index in [1.165, 1.54) is 0 Å². The number of rotatable bonds is 12. The van der Waals surface area contributed by atoms with Gasteiger partial charge in [-0.25, -0.2) is 0 Å². The number of alkyl halides is 2. The molecule has 0 saturated carbocycles. The molecule has 0 aliphatic heterocycles. The van der Waals surface area contributed by atoms with Crippen molar-refractivity contribution in [1.82, 2.24) is 10.6 Å². The zero-order valence-corrected chi connectivity index (χ0v) is 13.9. The highest BCUT2D eigenvalue weighted by Crippen LogP contribution is 2.07. The van der Waals surface area contributed by atoms with E-state index in [1.807, 2.05) is 23.5 Å². The molecule has 0 fully saturated rings. The average Bonchev–Trinajstić information content (AvgIpc) is 2.43. The third-order valence-corrected chi connectivity index (χ3v) is 4.58. The number of hydrogen-bond acceptors (Lipinski definition) is 4. The molecule has 0 aliphatic carbocycles. The highest BCUT2D eigenvalue weighted by atomic mass is 35.5. The van der Waals surface area contributed by atoms with Gasteiger partial charge in [-0.2, -0.15) is 23.5 Å². The molecule has 2 N–H and O–H groups in total. The van der Waals surface area contributed by atoms with Crippen molar-refractivity contribution in [2.45, 2.75) is 6.42 Å². The Hall–Kier alpha value is 0.220. The maximum Gasteiger partial charge on any atom is 0.234 e. The molecule has 0 saturated heterocycles. The first kappa shape index (κ1) is 19.2. The summed E-state index contributed by atoms with van der Waals surface area (Å²) in [5.41, 5.74) is 0.